The zero-order valence-electron chi connectivity index (χ0n) is 10.3. The molecule has 0 radical (unpaired) electrons. The minimum atomic E-state index is 0.0365. The summed E-state index contributed by atoms with van der Waals surface area (Å²) >= 11 is 0. The van der Waals surface area contributed by atoms with Gasteiger partial charge < -0.3 is 10.5 Å². The van der Waals surface area contributed by atoms with E-state index in [2.05, 4.69) is 32.0 Å². The van der Waals surface area contributed by atoms with Crippen LogP contribution >= 0.6 is 0 Å². The Hall–Kier alpha value is -1.02. The van der Waals surface area contributed by atoms with Gasteiger partial charge in [-0.2, -0.15) is 0 Å². The second-order valence-corrected chi connectivity index (χ2v) is 4.95. The molecular weight excluding hydrogens is 198 g/mol. The molecule has 1 aliphatic rings. The molecule has 2 rings (SSSR count). The summed E-state index contributed by atoms with van der Waals surface area (Å²) in [6.07, 6.45) is 4.54. The van der Waals surface area contributed by atoms with Crippen molar-refractivity contribution in [3.8, 4) is 5.75 Å². The molecule has 0 aliphatic heterocycles. The predicted molar refractivity (Wildman–Crippen MR) is 66.8 cm³/mol. The van der Waals surface area contributed by atoms with Gasteiger partial charge in [-0.05, 0) is 57.7 Å². The highest BCUT2D eigenvalue weighted by Crippen LogP contribution is 2.39. The van der Waals surface area contributed by atoms with E-state index in [1.807, 2.05) is 0 Å². The van der Waals surface area contributed by atoms with Crippen molar-refractivity contribution in [2.24, 2.45) is 5.73 Å². The lowest BCUT2D eigenvalue weighted by atomic mass is 9.77. The average Bonchev–Trinajstić information content (AvgIpc) is 2.18. The SMILES string of the molecule is Cc1ccc(OC2(CCN)CCC2)c(C)c1. The van der Waals surface area contributed by atoms with Crippen molar-refractivity contribution < 1.29 is 4.74 Å². The Morgan fingerprint density at radius 3 is 2.56 bits per heavy atom. The molecular formula is C14H21NO. The van der Waals surface area contributed by atoms with E-state index in [0.717, 1.165) is 25.0 Å². The van der Waals surface area contributed by atoms with E-state index in [9.17, 15) is 0 Å². The Bertz CT molecular complexity index is 369. The second kappa shape index (κ2) is 4.46. The van der Waals surface area contributed by atoms with Crippen molar-refractivity contribution in [3.05, 3.63) is 29.3 Å². The van der Waals surface area contributed by atoms with Crippen molar-refractivity contribution in [2.45, 2.75) is 45.1 Å². The molecule has 2 N–H and O–H groups in total. The maximum Gasteiger partial charge on any atom is 0.123 e. The van der Waals surface area contributed by atoms with Crippen molar-refractivity contribution in [2.75, 3.05) is 6.54 Å². The minimum absolute atomic E-state index is 0.0365. The van der Waals surface area contributed by atoms with E-state index in [1.54, 1.807) is 0 Å². The first-order valence-corrected chi connectivity index (χ1v) is 6.12. The summed E-state index contributed by atoms with van der Waals surface area (Å²) in [4.78, 5) is 0. The Balaban J connectivity index is 2.13. The highest BCUT2D eigenvalue weighted by atomic mass is 16.5. The molecule has 0 aromatic heterocycles. The molecule has 0 atom stereocenters. The van der Waals surface area contributed by atoms with Crippen LogP contribution in [0.4, 0.5) is 0 Å². The second-order valence-electron chi connectivity index (χ2n) is 4.95. The standard InChI is InChI=1S/C14H21NO/c1-11-4-5-13(12(2)10-11)16-14(8-9-15)6-3-7-14/h4-5,10H,3,6-9,15H2,1-2H3. The van der Waals surface area contributed by atoms with E-state index < -0.39 is 0 Å². The van der Waals surface area contributed by atoms with Crippen LogP contribution in [0.2, 0.25) is 0 Å². The van der Waals surface area contributed by atoms with E-state index in [1.165, 1.54) is 17.5 Å². The molecule has 1 saturated carbocycles. The normalized spacial score (nSPS) is 17.9. The van der Waals surface area contributed by atoms with Gasteiger partial charge in [0, 0.05) is 0 Å². The molecule has 0 unspecified atom stereocenters. The number of aryl methyl sites for hydroxylation is 2. The molecule has 16 heavy (non-hydrogen) atoms. The van der Waals surface area contributed by atoms with Crippen molar-refractivity contribution in [1.82, 2.24) is 0 Å². The third-order valence-corrected chi connectivity index (χ3v) is 3.52. The van der Waals surface area contributed by atoms with Gasteiger partial charge in [0.25, 0.3) is 0 Å². The van der Waals surface area contributed by atoms with Gasteiger partial charge in [0.1, 0.15) is 11.4 Å². The fourth-order valence-corrected chi connectivity index (χ4v) is 2.38. The lowest BCUT2D eigenvalue weighted by Gasteiger charge is -2.42. The number of ether oxygens (including phenoxy) is 1. The van der Waals surface area contributed by atoms with Gasteiger partial charge in [0.2, 0.25) is 0 Å². The van der Waals surface area contributed by atoms with Crippen LogP contribution in [-0.2, 0) is 0 Å². The summed E-state index contributed by atoms with van der Waals surface area (Å²) in [5, 5.41) is 0. The molecule has 2 heteroatoms. The summed E-state index contributed by atoms with van der Waals surface area (Å²) < 4.78 is 6.18. The van der Waals surface area contributed by atoms with Gasteiger partial charge in [0.05, 0.1) is 0 Å². The fourth-order valence-electron chi connectivity index (χ4n) is 2.38. The molecule has 1 aromatic rings. The number of benzene rings is 1. The van der Waals surface area contributed by atoms with Gasteiger partial charge in [-0.25, -0.2) is 0 Å². The van der Waals surface area contributed by atoms with Crippen molar-refractivity contribution in [3.63, 3.8) is 0 Å². The first-order valence-electron chi connectivity index (χ1n) is 6.12. The third kappa shape index (κ3) is 2.22. The summed E-state index contributed by atoms with van der Waals surface area (Å²) in [6.45, 7) is 4.93. The number of nitrogens with two attached hydrogens (primary N) is 1. The Kier molecular flexibility index (Phi) is 3.20. The molecule has 88 valence electrons. The molecule has 1 aliphatic carbocycles. The van der Waals surface area contributed by atoms with Crippen LogP contribution in [-0.4, -0.2) is 12.1 Å². The predicted octanol–water partition coefficient (Wildman–Crippen LogP) is 2.95. The summed E-state index contributed by atoms with van der Waals surface area (Å²) in [5.41, 5.74) is 8.21. The molecule has 2 nitrogen and oxygen atoms in total. The molecule has 0 amide bonds. The monoisotopic (exact) mass is 219 g/mol. The van der Waals surface area contributed by atoms with Gasteiger partial charge in [-0.15, -0.1) is 0 Å². The Morgan fingerprint density at radius 1 is 1.31 bits per heavy atom. The van der Waals surface area contributed by atoms with Crippen molar-refractivity contribution in [1.29, 1.82) is 0 Å². The highest BCUT2D eigenvalue weighted by molar-refractivity contribution is 5.36. The van der Waals surface area contributed by atoms with Crippen LogP contribution < -0.4 is 10.5 Å². The van der Waals surface area contributed by atoms with Gasteiger partial charge in [-0.1, -0.05) is 17.7 Å². The highest BCUT2D eigenvalue weighted by Gasteiger charge is 2.38. The first kappa shape index (κ1) is 11.5. The Morgan fingerprint density at radius 2 is 2.06 bits per heavy atom. The summed E-state index contributed by atoms with van der Waals surface area (Å²) in [7, 11) is 0. The number of hydrogen-bond donors (Lipinski definition) is 1. The largest absolute Gasteiger partial charge is 0.487 e. The van der Waals surface area contributed by atoms with Gasteiger partial charge in [0.15, 0.2) is 0 Å². The average molecular weight is 219 g/mol. The topological polar surface area (TPSA) is 35.2 Å². The number of hydrogen-bond acceptors (Lipinski definition) is 2. The zero-order chi connectivity index (χ0) is 11.6. The zero-order valence-corrected chi connectivity index (χ0v) is 10.3. The van der Waals surface area contributed by atoms with Gasteiger partial charge in [-0.3, -0.25) is 0 Å². The smallest absolute Gasteiger partial charge is 0.123 e. The molecule has 1 fully saturated rings. The Labute approximate surface area is 97.8 Å². The molecule has 1 aromatic carbocycles. The lowest BCUT2D eigenvalue weighted by Crippen LogP contribution is -2.44. The van der Waals surface area contributed by atoms with E-state index in [0.29, 0.717) is 6.54 Å². The van der Waals surface area contributed by atoms with Crippen LogP contribution in [0.3, 0.4) is 0 Å². The van der Waals surface area contributed by atoms with Crippen LogP contribution in [0.1, 0.15) is 36.8 Å². The fraction of sp³-hybridized carbons (Fsp3) is 0.571. The van der Waals surface area contributed by atoms with Crippen LogP contribution in [0.15, 0.2) is 18.2 Å². The molecule has 0 saturated heterocycles. The van der Waals surface area contributed by atoms with E-state index >= 15 is 0 Å². The van der Waals surface area contributed by atoms with E-state index in [-0.39, 0.29) is 5.60 Å². The van der Waals surface area contributed by atoms with Gasteiger partial charge >= 0.3 is 0 Å². The summed E-state index contributed by atoms with van der Waals surface area (Å²) in [6, 6.07) is 6.36. The first-order chi connectivity index (χ1) is 7.65. The maximum absolute atomic E-state index is 6.18. The third-order valence-electron chi connectivity index (χ3n) is 3.52. The van der Waals surface area contributed by atoms with Crippen molar-refractivity contribution >= 4 is 0 Å². The molecule has 0 spiro atoms. The van der Waals surface area contributed by atoms with Crippen LogP contribution in [0.25, 0.3) is 0 Å². The van der Waals surface area contributed by atoms with Crippen LogP contribution in [0, 0.1) is 13.8 Å². The maximum atomic E-state index is 6.18. The molecule has 0 bridgehead atoms. The quantitative estimate of drug-likeness (QED) is 0.845. The van der Waals surface area contributed by atoms with E-state index in [4.69, 9.17) is 10.5 Å². The summed E-state index contributed by atoms with van der Waals surface area (Å²) in [5.74, 6) is 1.03. The minimum Gasteiger partial charge on any atom is -0.487 e. The lowest BCUT2D eigenvalue weighted by molar-refractivity contribution is -0.0130. The molecule has 0 heterocycles. The number of rotatable bonds is 4. The van der Waals surface area contributed by atoms with Crippen LogP contribution in [0.5, 0.6) is 5.75 Å².